The Balaban J connectivity index is 2.21. The van der Waals surface area contributed by atoms with E-state index in [0.717, 1.165) is 11.1 Å². The van der Waals surface area contributed by atoms with Gasteiger partial charge in [0.25, 0.3) is 11.7 Å². The molecule has 0 saturated heterocycles. The largest absolute Gasteiger partial charge is 0.495 e. The number of amides is 1. The second-order valence-corrected chi connectivity index (χ2v) is 5.85. The van der Waals surface area contributed by atoms with Crippen molar-refractivity contribution in [1.29, 1.82) is 0 Å². The normalized spacial score (nSPS) is 10.7. The highest BCUT2D eigenvalue weighted by Crippen LogP contribution is 2.33. The van der Waals surface area contributed by atoms with Crippen LogP contribution in [0.1, 0.15) is 17.4 Å². The number of methoxy groups -OCH3 is 1. The summed E-state index contributed by atoms with van der Waals surface area (Å²) >= 11 is 6.23. The summed E-state index contributed by atoms with van der Waals surface area (Å²) < 4.78 is 6.89. The molecule has 0 spiro atoms. The van der Waals surface area contributed by atoms with Crippen molar-refractivity contribution in [2.75, 3.05) is 13.7 Å². The Hall–Kier alpha value is -2.79. The van der Waals surface area contributed by atoms with Crippen molar-refractivity contribution < 1.29 is 14.3 Å². The van der Waals surface area contributed by atoms with E-state index in [-0.39, 0.29) is 0 Å². The van der Waals surface area contributed by atoms with Crippen molar-refractivity contribution in [1.82, 2.24) is 9.72 Å². The lowest BCUT2D eigenvalue weighted by Gasteiger charge is -2.08. The lowest BCUT2D eigenvalue weighted by Crippen LogP contribution is -2.31. The van der Waals surface area contributed by atoms with Gasteiger partial charge in [0, 0.05) is 23.8 Å². The Morgan fingerprint density at radius 2 is 2.00 bits per heavy atom. The molecule has 6 heteroatoms. The monoisotopic (exact) mass is 356 g/mol. The van der Waals surface area contributed by atoms with Crippen LogP contribution >= 0.6 is 11.6 Å². The predicted molar refractivity (Wildman–Crippen MR) is 97.4 cm³/mol. The van der Waals surface area contributed by atoms with Gasteiger partial charge >= 0.3 is 0 Å². The zero-order chi connectivity index (χ0) is 18.0. The van der Waals surface area contributed by atoms with Crippen molar-refractivity contribution in [3.63, 3.8) is 0 Å². The third-order valence-corrected chi connectivity index (χ3v) is 4.20. The molecule has 1 aromatic carbocycles. The molecule has 0 unspecified atom stereocenters. The molecule has 0 fully saturated rings. The van der Waals surface area contributed by atoms with Gasteiger partial charge in [-0.25, -0.2) is 0 Å². The summed E-state index contributed by atoms with van der Waals surface area (Å²) in [6.45, 7) is 2.16. The summed E-state index contributed by atoms with van der Waals surface area (Å²) in [5, 5.41) is 3.00. The van der Waals surface area contributed by atoms with Crippen LogP contribution in [0.4, 0.5) is 0 Å². The Labute approximate surface area is 150 Å². The summed E-state index contributed by atoms with van der Waals surface area (Å²) in [4.78, 5) is 24.8. The van der Waals surface area contributed by atoms with Crippen LogP contribution in [0.25, 0.3) is 16.6 Å². The maximum Gasteiger partial charge on any atom is 0.294 e. The third-order valence-electron chi connectivity index (χ3n) is 3.90. The Kier molecular flexibility index (Phi) is 4.76. The van der Waals surface area contributed by atoms with E-state index in [0.29, 0.717) is 28.6 Å². The number of rotatable bonds is 5. The number of likely N-dealkylation sites (N-methyl/N-ethyl adjacent to an activating group) is 1. The van der Waals surface area contributed by atoms with Gasteiger partial charge in [0.05, 0.1) is 12.1 Å². The fourth-order valence-corrected chi connectivity index (χ4v) is 3.02. The number of carbonyl (C=O) groups excluding carboxylic acids is 2. The first-order valence-corrected chi connectivity index (χ1v) is 8.21. The van der Waals surface area contributed by atoms with E-state index >= 15 is 0 Å². The van der Waals surface area contributed by atoms with Crippen LogP contribution in [0, 0.1) is 0 Å². The number of hydrogen-bond donors (Lipinski definition) is 1. The number of nitrogens with zero attached hydrogens (tertiary/aromatic N) is 1. The molecule has 5 nitrogen and oxygen atoms in total. The highest BCUT2D eigenvalue weighted by atomic mass is 35.5. The fourth-order valence-electron chi connectivity index (χ4n) is 2.76. The molecular formula is C19H17ClN2O3. The SMILES string of the molecule is CCNC(=O)C(=O)c1c(-c2ccc(OC)c(Cl)c2)cc2ccccn12. The molecule has 25 heavy (non-hydrogen) atoms. The van der Waals surface area contributed by atoms with Gasteiger partial charge in [-0.3, -0.25) is 9.59 Å². The molecule has 0 saturated carbocycles. The maximum absolute atomic E-state index is 12.7. The van der Waals surface area contributed by atoms with Gasteiger partial charge in [0.2, 0.25) is 0 Å². The van der Waals surface area contributed by atoms with Crippen molar-refractivity contribution in [3.8, 4) is 16.9 Å². The molecule has 3 aromatic rings. The molecule has 0 aliphatic heterocycles. The number of carbonyl (C=O) groups is 2. The number of benzene rings is 1. The van der Waals surface area contributed by atoms with Crippen LogP contribution < -0.4 is 10.1 Å². The van der Waals surface area contributed by atoms with E-state index in [2.05, 4.69) is 5.32 Å². The van der Waals surface area contributed by atoms with Gasteiger partial charge in [-0.2, -0.15) is 0 Å². The number of nitrogens with one attached hydrogen (secondary N) is 1. The van der Waals surface area contributed by atoms with Gasteiger partial charge in [-0.15, -0.1) is 0 Å². The second kappa shape index (κ2) is 6.99. The van der Waals surface area contributed by atoms with E-state index in [1.165, 1.54) is 7.11 Å². The van der Waals surface area contributed by atoms with Crippen LogP contribution in [0.15, 0.2) is 48.7 Å². The zero-order valence-electron chi connectivity index (χ0n) is 13.9. The highest BCUT2D eigenvalue weighted by Gasteiger charge is 2.24. The number of fused-ring (bicyclic) bond motifs is 1. The van der Waals surface area contributed by atoms with E-state index in [1.807, 2.05) is 30.3 Å². The smallest absolute Gasteiger partial charge is 0.294 e. The molecule has 0 aliphatic carbocycles. The summed E-state index contributed by atoms with van der Waals surface area (Å²) in [5.41, 5.74) is 2.51. The summed E-state index contributed by atoms with van der Waals surface area (Å²) in [6, 6.07) is 12.7. The minimum atomic E-state index is -0.632. The number of pyridine rings is 1. The van der Waals surface area contributed by atoms with Crippen molar-refractivity contribution in [3.05, 3.63) is 59.4 Å². The summed E-state index contributed by atoms with van der Waals surface area (Å²) in [7, 11) is 1.54. The second-order valence-electron chi connectivity index (χ2n) is 5.44. The van der Waals surface area contributed by atoms with Gasteiger partial charge < -0.3 is 14.5 Å². The number of aromatic nitrogens is 1. The lowest BCUT2D eigenvalue weighted by atomic mass is 10.0. The predicted octanol–water partition coefficient (Wildman–Crippen LogP) is 3.59. The summed E-state index contributed by atoms with van der Waals surface area (Å²) in [6.07, 6.45) is 1.76. The Bertz CT molecular complexity index is 962. The van der Waals surface area contributed by atoms with E-state index < -0.39 is 11.7 Å². The Morgan fingerprint density at radius 1 is 1.20 bits per heavy atom. The average Bonchev–Trinajstić information content (AvgIpc) is 3.00. The molecule has 128 valence electrons. The standard InChI is InChI=1S/C19H17ClN2O3/c1-3-21-19(24)18(23)17-14(11-13-6-4-5-9-22(13)17)12-7-8-16(25-2)15(20)10-12/h4-11H,3H2,1-2H3,(H,21,24). The van der Waals surface area contributed by atoms with E-state index in [9.17, 15) is 9.59 Å². The van der Waals surface area contributed by atoms with Crippen molar-refractivity contribution >= 4 is 28.8 Å². The van der Waals surface area contributed by atoms with Gasteiger partial charge in [0.1, 0.15) is 11.4 Å². The van der Waals surface area contributed by atoms with Crippen LogP contribution in [0.3, 0.4) is 0 Å². The first kappa shape index (κ1) is 17.0. The van der Waals surface area contributed by atoms with Crippen LogP contribution in [0.2, 0.25) is 5.02 Å². The third kappa shape index (κ3) is 3.10. The fraction of sp³-hybridized carbons (Fsp3) is 0.158. The van der Waals surface area contributed by atoms with Gasteiger partial charge in [-0.1, -0.05) is 23.7 Å². The van der Waals surface area contributed by atoms with E-state index in [4.69, 9.17) is 16.3 Å². The maximum atomic E-state index is 12.7. The molecule has 0 atom stereocenters. The lowest BCUT2D eigenvalue weighted by molar-refractivity contribution is -0.116. The number of halogens is 1. The molecule has 3 rings (SSSR count). The van der Waals surface area contributed by atoms with Gasteiger partial charge in [0.15, 0.2) is 0 Å². The Morgan fingerprint density at radius 3 is 2.68 bits per heavy atom. The van der Waals surface area contributed by atoms with E-state index in [1.54, 1.807) is 29.7 Å². The molecule has 0 bridgehead atoms. The first-order valence-electron chi connectivity index (χ1n) is 7.83. The molecule has 0 radical (unpaired) electrons. The molecule has 0 aliphatic rings. The minimum Gasteiger partial charge on any atom is -0.495 e. The quantitative estimate of drug-likeness (QED) is 0.561. The summed E-state index contributed by atoms with van der Waals surface area (Å²) in [5.74, 6) is -0.673. The van der Waals surface area contributed by atoms with Crippen molar-refractivity contribution in [2.24, 2.45) is 0 Å². The molecular weight excluding hydrogens is 340 g/mol. The topological polar surface area (TPSA) is 59.8 Å². The van der Waals surface area contributed by atoms with Crippen LogP contribution in [0.5, 0.6) is 5.75 Å². The molecule has 2 aromatic heterocycles. The number of hydrogen-bond acceptors (Lipinski definition) is 3. The molecule has 1 amide bonds. The molecule has 1 N–H and O–H groups in total. The van der Waals surface area contributed by atoms with Crippen LogP contribution in [-0.2, 0) is 4.79 Å². The van der Waals surface area contributed by atoms with Gasteiger partial charge in [-0.05, 0) is 42.8 Å². The minimum absolute atomic E-state index is 0.308. The number of ketones is 1. The van der Waals surface area contributed by atoms with Crippen LogP contribution in [-0.4, -0.2) is 29.7 Å². The average molecular weight is 357 g/mol. The highest BCUT2D eigenvalue weighted by molar-refractivity contribution is 6.43. The zero-order valence-corrected chi connectivity index (χ0v) is 14.6. The number of ether oxygens (including phenoxy) is 1. The van der Waals surface area contributed by atoms with Crippen molar-refractivity contribution in [2.45, 2.75) is 6.92 Å². The first-order chi connectivity index (χ1) is 12.1. The molecule has 2 heterocycles. The number of Topliss-reactive ketones (excluding diaryl/α,β-unsaturated/α-hetero) is 1.